The molecule has 6 heteroatoms. The van der Waals surface area contributed by atoms with Crippen LogP contribution in [-0.2, 0) is 6.18 Å². The first-order valence-corrected chi connectivity index (χ1v) is 4.23. The molecule has 0 fully saturated rings. The Kier molecular flexibility index (Phi) is 3.15. The van der Waals surface area contributed by atoms with E-state index in [0.717, 1.165) is 6.07 Å². The van der Waals surface area contributed by atoms with E-state index in [1.807, 2.05) is 0 Å². The molecule has 0 amide bonds. The lowest BCUT2D eigenvalue weighted by Gasteiger charge is -2.12. The van der Waals surface area contributed by atoms with Gasteiger partial charge in [0.25, 0.3) is 0 Å². The van der Waals surface area contributed by atoms with E-state index >= 15 is 0 Å². The average molecular weight is 233 g/mol. The summed E-state index contributed by atoms with van der Waals surface area (Å²) in [6.45, 7) is 0. The molecule has 0 saturated heterocycles. The van der Waals surface area contributed by atoms with Gasteiger partial charge in [-0.2, -0.15) is 18.4 Å². The zero-order chi connectivity index (χ0) is 11.6. The van der Waals surface area contributed by atoms with E-state index in [-0.39, 0.29) is 16.2 Å². The second-order valence-electron chi connectivity index (χ2n) is 2.68. The quantitative estimate of drug-likeness (QED) is 0.756. The first-order chi connectivity index (χ1) is 6.90. The predicted octanol–water partition coefficient (Wildman–Crippen LogP) is 2.87. The van der Waals surface area contributed by atoms with Crippen LogP contribution in [0.15, 0.2) is 17.0 Å². The fourth-order valence-corrected chi connectivity index (χ4v) is 1.39. The van der Waals surface area contributed by atoms with Gasteiger partial charge >= 0.3 is 6.18 Å². The minimum atomic E-state index is -4.54. The van der Waals surface area contributed by atoms with E-state index < -0.39 is 11.7 Å². The molecule has 0 unspecified atom stereocenters. The summed E-state index contributed by atoms with van der Waals surface area (Å²) in [5, 5.41) is 8.54. The number of thiol groups is 1. The topological polar surface area (TPSA) is 33.0 Å². The fourth-order valence-electron chi connectivity index (χ4n) is 1.04. The van der Waals surface area contributed by atoms with Crippen LogP contribution < -0.4 is 4.74 Å². The Morgan fingerprint density at radius 1 is 1.40 bits per heavy atom. The summed E-state index contributed by atoms with van der Waals surface area (Å²) in [6.07, 6.45) is -4.54. The Morgan fingerprint density at radius 2 is 2.00 bits per heavy atom. The van der Waals surface area contributed by atoms with Crippen LogP contribution >= 0.6 is 12.6 Å². The van der Waals surface area contributed by atoms with Crippen molar-refractivity contribution in [2.45, 2.75) is 11.1 Å². The van der Waals surface area contributed by atoms with Gasteiger partial charge in [0.1, 0.15) is 5.75 Å². The number of ether oxygens (including phenoxy) is 1. The van der Waals surface area contributed by atoms with Crippen LogP contribution in [0.3, 0.4) is 0 Å². The van der Waals surface area contributed by atoms with E-state index in [1.54, 1.807) is 6.07 Å². The van der Waals surface area contributed by atoms with Crippen LogP contribution in [0.4, 0.5) is 13.2 Å². The normalized spacial score (nSPS) is 10.9. The van der Waals surface area contributed by atoms with Crippen molar-refractivity contribution in [2.75, 3.05) is 7.11 Å². The molecule has 0 heterocycles. The second-order valence-corrected chi connectivity index (χ2v) is 3.13. The van der Waals surface area contributed by atoms with E-state index in [0.29, 0.717) is 0 Å². The highest BCUT2D eigenvalue weighted by Crippen LogP contribution is 2.38. The van der Waals surface area contributed by atoms with Gasteiger partial charge in [0.05, 0.1) is 29.2 Å². The highest BCUT2D eigenvalue weighted by molar-refractivity contribution is 7.80. The highest BCUT2D eigenvalue weighted by atomic mass is 32.1. The molecule has 80 valence electrons. The summed E-state index contributed by atoms with van der Waals surface area (Å²) in [5.74, 6) is -0.0651. The van der Waals surface area contributed by atoms with Crippen molar-refractivity contribution in [1.29, 1.82) is 5.26 Å². The number of nitriles is 1. The third kappa shape index (κ3) is 2.36. The van der Waals surface area contributed by atoms with Crippen LogP contribution in [-0.4, -0.2) is 7.11 Å². The van der Waals surface area contributed by atoms with E-state index in [4.69, 9.17) is 10.00 Å². The van der Waals surface area contributed by atoms with Crippen molar-refractivity contribution >= 4 is 12.6 Å². The standard InChI is InChI=1S/C9H6F3NOS/c1-14-7-3-5(4-13)2-6(8(7)15)9(10,11)12/h2-3,15H,1H3. The maximum absolute atomic E-state index is 12.5. The number of hydrogen-bond donors (Lipinski definition) is 1. The zero-order valence-electron chi connectivity index (χ0n) is 7.59. The van der Waals surface area contributed by atoms with Crippen LogP contribution in [0.5, 0.6) is 5.75 Å². The maximum atomic E-state index is 12.5. The van der Waals surface area contributed by atoms with Crippen molar-refractivity contribution in [3.05, 3.63) is 23.3 Å². The lowest BCUT2D eigenvalue weighted by molar-refractivity contribution is -0.139. The molecule has 0 bridgehead atoms. The summed E-state index contributed by atoms with van der Waals surface area (Å²) >= 11 is 3.72. The molecule has 1 aromatic rings. The Balaban J connectivity index is 3.46. The summed E-state index contributed by atoms with van der Waals surface area (Å²) < 4.78 is 42.1. The molecule has 1 rings (SSSR count). The molecular formula is C9H6F3NOS. The SMILES string of the molecule is COc1cc(C#N)cc(C(F)(F)F)c1S. The third-order valence-corrected chi connectivity index (χ3v) is 2.19. The number of benzene rings is 1. The van der Waals surface area contributed by atoms with E-state index in [2.05, 4.69) is 12.6 Å². The first kappa shape index (κ1) is 11.7. The van der Waals surface area contributed by atoms with Crippen LogP contribution in [0, 0.1) is 11.3 Å². The molecular weight excluding hydrogens is 227 g/mol. The Bertz CT molecular complexity index is 423. The molecule has 0 radical (unpaired) electrons. The van der Waals surface area contributed by atoms with Crippen molar-refractivity contribution in [2.24, 2.45) is 0 Å². The van der Waals surface area contributed by atoms with Crippen molar-refractivity contribution < 1.29 is 17.9 Å². The molecule has 0 aliphatic carbocycles. The number of halogens is 3. The summed E-state index contributed by atoms with van der Waals surface area (Å²) in [6, 6.07) is 3.57. The van der Waals surface area contributed by atoms with Crippen LogP contribution in [0.2, 0.25) is 0 Å². The lowest BCUT2D eigenvalue weighted by Crippen LogP contribution is -2.07. The smallest absolute Gasteiger partial charge is 0.417 e. The Morgan fingerprint density at radius 3 is 2.40 bits per heavy atom. The summed E-state index contributed by atoms with van der Waals surface area (Å²) in [5.41, 5.74) is -1.08. The lowest BCUT2D eigenvalue weighted by atomic mass is 10.1. The second kappa shape index (κ2) is 4.03. The van der Waals surface area contributed by atoms with Gasteiger partial charge in [-0.15, -0.1) is 12.6 Å². The van der Waals surface area contributed by atoms with E-state index in [9.17, 15) is 13.2 Å². The first-order valence-electron chi connectivity index (χ1n) is 3.78. The maximum Gasteiger partial charge on any atom is 0.417 e. The third-order valence-electron chi connectivity index (χ3n) is 1.73. The average Bonchev–Trinajstić information content (AvgIpc) is 2.16. The molecule has 15 heavy (non-hydrogen) atoms. The van der Waals surface area contributed by atoms with Crippen molar-refractivity contribution in [1.82, 2.24) is 0 Å². The molecule has 2 nitrogen and oxygen atoms in total. The number of nitrogens with zero attached hydrogens (tertiary/aromatic N) is 1. The Hall–Kier alpha value is -1.35. The van der Waals surface area contributed by atoms with Gasteiger partial charge in [-0.05, 0) is 12.1 Å². The summed E-state index contributed by atoms with van der Waals surface area (Å²) in [7, 11) is 1.22. The highest BCUT2D eigenvalue weighted by Gasteiger charge is 2.34. The van der Waals surface area contributed by atoms with Gasteiger partial charge < -0.3 is 4.74 Å². The molecule has 1 aromatic carbocycles. The molecule has 0 saturated carbocycles. The monoisotopic (exact) mass is 233 g/mol. The predicted molar refractivity (Wildman–Crippen MR) is 50.0 cm³/mol. The minimum absolute atomic E-state index is 0.0651. The molecule has 0 aliphatic rings. The molecule has 0 atom stereocenters. The van der Waals surface area contributed by atoms with Gasteiger partial charge in [0, 0.05) is 0 Å². The number of alkyl halides is 3. The fraction of sp³-hybridized carbons (Fsp3) is 0.222. The van der Waals surface area contributed by atoms with Crippen LogP contribution in [0.1, 0.15) is 11.1 Å². The van der Waals surface area contributed by atoms with Gasteiger partial charge in [0.2, 0.25) is 0 Å². The number of methoxy groups -OCH3 is 1. The summed E-state index contributed by atoms with van der Waals surface area (Å²) in [4.78, 5) is -0.316. The van der Waals surface area contributed by atoms with Crippen molar-refractivity contribution in [3.63, 3.8) is 0 Å². The molecule has 0 aromatic heterocycles. The molecule has 0 spiro atoms. The van der Waals surface area contributed by atoms with Gasteiger partial charge in [-0.1, -0.05) is 0 Å². The van der Waals surface area contributed by atoms with Gasteiger partial charge in [0.15, 0.2) is 0 Å². The number of rotatable bonds is 1. The van der Waals surface area contributed by atoms with Gasteiger partial charge in [-0.25, -0.2) is 0 Å². The molecule has 0 N–H and O–H groups in total. The largest absolute Gasteiger partial charge is 0.496 e. The number of hydrogen-bond acceptors (Lipinski definition) is 3. The van der Waals surface area contributed by atoms with Gasteiger partial charge in [-0.3, -0.25) is 0 Å². The van der Waals surface area contributed by atoms with E-state index in [1.165, 1.54) is 13.2 Å². The molecule has 0 aliphatic heterocycles. The van der Waals surface area contributed by atoms with Crippen LogP contribution in [0.25, 0.3) is 0 Å². The van der Waals surface area contributed by atoms with Crippen molar-refractivity contribution in [3.8, 4) is 11.8 Å². The minimum Gasteiger partial charge on any atom is -0.496 e. The zero-order valence-corrected chi connectivity index (χ0v) is 8.49. The Labute approximate surface area is 89.7 Å².